The number of carbonyl (C=O) groups excluding carboxylic acids is 2. The van der Waals surface area contributed by atoms with Gasteiger partial charge in [-0.25, -0.2) is 0 Å². The number of rotatable bonds is 9. The second-order valence-electron chi connectivity index (χ2n) is 6.77. The number of hydrogen-bond donors (Lipinski definition) is 1. The molecule has 1 N–H and O–H groups in total. The first-order valence-corrected chi connectivity index (χ1v) is 9.65. The van der Waals surface area contributed by atoms with Crippen molar-refractivity contribution in [2.24, 2.45) is 5.92 Å². The van der Waals surface area contributed by atoms with Gasteiger partial charge in [0.25, 0.3) is 5.91 Å². The van der Waals surface area contributed by atoms with E-state index in [2.05, 4.69) is 5.32 Å². The van der Waals surface area contributed by atoms with Crippen molar-refractivity contribution in [1.82, 2.24) is 5.32 Å². The van der Waals surface area contributed by atoms with Gasteiger partial charge < -0.3 is 24.4 Å². The van der Waals surface area contributed by atoms with Gasteiger partial charge >= 0.3 is 0 Å². The van der Waals surface area contributed by atoms with Gasteiger partial charge in [0.05, 0.1) is 13.7 Å². The van der Waals surface area contributed by atoms with Crippen molar-refractivity contribution in [2.45, 2.75) is 13.3 Å². The second kappa shape index (κ2) is 9.82. The van der Waals surface area contributed by atoms with Crippen LogP contribution in [0.5, 0.6) is 17.2 Å². The summed E-state index contributed by atoms with van der Waals surface area (Å²) in [7, 11) is 1.59. The van der Waals surface area contributed by atoms with E-state index in [0.29, 0.717) is 31.9 Å². The number of amides is 2. The highest BCUT2D eigenvalue weighted by molar-refractivity contribution is 5.95. The first-order valence-electron chi connectivity index (χ1n) is 9.65. The molecule has 1 heterocycles. The molecule has 0 radical (unpaired) electrons. The highest BCUT2D eigenvalue weighted by Gasteiger charge is 2.30. The van der Waals surface area contributed by atoms with Crippen molar-refractivity contribution in [3.63, 3.8) is 0 Å². The van der Waals surface area contributed by atoms with E-state index < -0.39 is 0 Å². The number of ether oxygens (including phenoxy) is 3. The monoisotopic (exact) mass is 398 g/mol. The normalized spacial score (nSPS) is 15.9. The molecule has 2 aromatic carbocycles. The van der Waals surface area contributed by atoms with E-state index in [4.69, 9.17) is 14.2 Å². The molecule has 0 spiro atoms. The Morgan fingerprint density at radius 2 is 1.66 bits per heavy atom. The number of benzene rings is 2. The molecule has 7 heteroatoms. The minimum absolute atomic E-state index is 0.0582. The third-order valence-electron chi connectivity index (χ3n) is 4.68. The molecule has 1 fully saturated rings. The molecule has 154 valence electrons. The number of hydrogen-bond acceptors (Lipinski definition) is 5. The molecule has 0 saturated carbocycles. The summed E-state index contributed by atoms with van der Waals surface area (Å²) in [6.07, 6.45) is 0.410. The lowest BCUT2D eigenvalue weighted by molar-refractivity contribution is -0.123. The van der Waals surface area contributed by atoms with Crippen LogP contribution in [0.3, 0.4) is 0 Å². The second-order valence-corrected chi connectivity index (χ2v) is 6.77. The standard InChI is InChI=1S/C22H26N2O5/c1-3-28-19-6-4-17(5-7-19)24-14-16(12-22(24)26)13-23-21(25)15-29-20-10-8-18(27-2)9-11-20/h4-11,16H,3,12-15H2,1-2H3,(H,23,25). The SMILES string of the molecule is CCOc1ccc(N2CC(CNC(=O)COc3ccc(OC)cc3)CC2=O)cc1. The lowest BCUT2D eigenvalue weighted by atomic mass is 10.1. The molecule has 1 saturated heterocycles. The van der Waals surface area contributed by atoms with Gasteiger partial charge in [-0.15, -0.1) is 0 Å². The van der Waals surface area contributed by atoms with Crippen molar-refractivity contribution < 1.29 is 23.8 Å². The molecule has 1 atom stereocenters. The topological polar surface area (TPSA) is 77.1 Å². The summed E-state index contributed by atoms with van der Waals surface area (Å²) in [5.41, 5.74) is 0.843. The molecule has 3 rings (SSSR count). The van der Waals surface area contributed by atoms with E-state index in [0.717, 1.165) is 17.2 Å². The summed E-state index contributed by atoms with van der Waals surface area (Å²) in [4.78, 5) is 26.2. The van der Waals surface area contributed by atoms with Crippen LogP contribution in [-0.4, -0.2) is 45.2 Å². The fraction of sp³-hybridized carbons (Fsp3) is 0.364. The average Bonchev–Trinajstić information content (AvgIpc) is 3.12. The highest BCUT2D eigenvalue weighted by Crippen LogP contribution is 2.26. The van der Waals surface area contributed by atoms with Crippen LogP contribution in [0.15, 0.2) is 48.5 Å². The Hall–Kier alpha value is -3.22. The zero-order valence-corrected chi connectivity index (χ0v) is 16.7. The van der Waals surface area contributed by atoms with Gasteiger partial charge in [-0.2, -0.15) is 0 Å². The van der Waals surface area contributed by atoms with Crippen LogP contribution in [0.2, 0.25) is 0 Å². The molecule has 29 heavy (non-hydrogen) atoms. The molecule has 7 nitrogen and oxygen atoms in total. The number of methoxy groups -OCH3 is 1. The fourth-order valence-electron chi connectivity index (χ4n) is 3.19. The van der Waals surface area contributed by atoms with Crippen molar-refractivity contribution in [3.05, 3.63) is 48.5 Å². The quantitative estimate of drug-likeness (QED) is 0.703. The van der Waals surface area contributed by atoms with Crippen molar-refractivity contribution in [3.8, 4) is 17.2 Å². The van der Waals surface area contributed by atoms with Gasteiger partial charge in [0.1, 0.15) is 17.2 Å². The Labute approximate surface area is 170 Å². The van der Waals surface area contributed by atoms with Gasteiger partial charge in [-0.05, 0) is 55.5 Å². The first kappa shape index (κ1) is 20.5. The average molecular weight is 398 g/mol. The van der Waals surface area contributed by atoms with Crippen molar-refractivity contribution in [2.75, 3.05) is 38.3 Å². The van der Waals surface area contributed by atoms with Crippen LogP contribution in [0.4, 0.5) is 5.69 Å². The largest absolute Gasteiger partial charge is 0.497 e. The molecular weight excluding hydrogens is 372 g/mol. The molecule has 2 aromatic rings. The molecule has 0 bridgehead atoms. The zero-order valence-electron chi connectivity index (χ0n) is 16.7. The zero-order chi connectivity index (χ0) is 20.6. The Bertz CT molecular complexity index is 820. The smallest absolute Gasteiger partial charge is 0.257 e. The van der Waals surface area contributed by atoms with E-state index in [1.165, 1.54) is 0 Å². The maximum Gasteiger partial charge on any atom is 0.257 e. The van der Waals surface area contributed by atoms with Crippen molar-refractivity contribution >= 4 is 17.5 Å². The number of anilines is 1. The minimum Gasteiger partial charge on any atom is -0.497 e. The van der Waals surface area contributed by atoms with Crippen LogP contribution in [0, 0.1) is 5.92 Å². The van der Waals surface area contributed by atoms with Gasteiger partial charge in [-0.1, -0.05) is 0 Å². The lowest BCUT2D eigenvalue weighted by Crippen LogP contribution is -2.34. The van der Waals surface area contributed by atoms with Crippen molar-refractivity contribution in [1.29, 1.82) is 0 Å². The van der Waals surface area contributed by atoms with Gasteiger partial charge in [0.2, 0.25) is 5.91 Å². The number of nitrogens with zero attached hydrogens (tertiary/aromatic N) is 1. The summed E-state index contributed by atoms with van der Waals surface area (Å²) in [5, 5.41) is 2.85. The van der Waals surface area contributed by atoms with Gasteiger partial charge in [-0.3, -0.25) is 9.59 Å². The van der Waals surface area contributed by atoms with E-state index in [-0.39, 0.29) is 24.3 Å². The number of nitrogens with one attached hydrogen (secondary N) is 1. The third kappa shape index (κ3) is 5.63. The van der Waals surface area contributed by atoms with E-state index in [1.807, 2.05) is 31.2 Å². The molecule has 1 unspecified atom stereocenters. The Morgan fingerprint density at radius 3 is 2.31 bits per heavy atom. The van der Waals surface area contributed by atoms with Crippen LogP contribution in [0.1, 0.15) is 13.3 Å². The molecule has 0 aromatic heterocycles. The minimum atomic E-state index is -0.215. The number of carbonyl (C=O) groups is 2. The predicted octanol–water partition coefficient (Wildman–Crippen LogP) is 2.64. The summed E-state index contributed by atoms with van der Waals surface area (Å²) >= 11 is 0. The first-order chi connectivity index (χ1) is 14.1. The Kier molecular flexibility index (Phi) is 6.94. The Morgan fingerprint density at radius 1 is 1.03 bits per heavy atom. The molecule has 1 aliphatic rings. The molecular formula is C22H26N2O5. The summed E-state index contributed by atoms with van der Waals surface area (Å²) in [6.45, 7) is 3.47. The van der Waals surface area contributed by atoms with Crippen LogP contribution < -0.4 is 24.4 Å². The van der Waals surface area contributed by atoms with Crippen LogP contribution in [0.25, 0.3) is 0 Å². The van der Waals surface area contributed by atoms with Crippen LogP contribution in [-0.2, 0) is 9.59 Å². The molecule has 0 aliphatic carbocycles. The van der Waals surface area contributed by atoms with E-state index in [1.54, 1.807) is 36.3 Å². The molecule has 2 amide bonds. The summed E-state index contributed by atoms with van der Waals surface area (Å²) in [5.74, 6) is 2.02. The third-order valence-corrected chi connectivity index (χ3v) is 4.68. The van der Waals surface area contributed by atoms with Gasteiger partial charge in [0, 0.05) is 31.1 Å². The summed E-state index contributed by atoms with van der Waals surface area (Å²) in [6, 6.07) is 14.5. The fourth-order valence-corrected chi connectivity index (χ4v) is 3.19. The van der Waals surface area contributed by atoms with E-state index in [9.17, 15) is 9.59 Å². The lowest BCUT2D eigenvalue weighted by Gasteiger charge is -2.17. The Balaban J connectivity index is 1.43. The van der Waals surface area contributed by atoms with Crippen LogP contribution >= 0.6 is 0 Å². The van der Waals surface area contributed by atoms with Gasteiger partial charge in [0.15, 0.2) is 6.61 Å². The highest BCUT2D eigenvalue weighted by atomic mass is 16.5. The maximum atomic E-state index is 12.4. The molecule has 1 aliphatic heterocycles. The maximum absolute atomic E-state index is 12.4. The van der Waals surface area contributed by atoms with E-state index >= 15 is 0 Å². The summed E-state index contributed by atoms with van der Waals surface area (Å²) < 4.78 is 16.0. The predicted molar refractivity (Wildman–Crippen MR) is 110 cm³/mol.